The Balaban J connectivity index is 1.60. The van der Waals surface area contributed by atoms with Crippen LogP contribution in [0.3, 0.4) is 0 Å². The number of nitrogens with zero attached hydrogens (tertiary/aromatic N) is 2. The average molecular weight is 392 g/mol. The molecular weight excluding hydrogens is 368 g/mol. The molecule has 0 saturated carbocycles. The van der Waals surface area contributed by atoms with E-state index in [1.807, 2.05) is 36.4 Å². The van der Waals surface area contributed by atoms with Crippen LogP contribution in [0.15, 0.2) is 48.5 Å². The molecule has 0 unspecified atom stereocenters. The fourth-order valence-electron chi connectivity index (χ4n) is 3.80. The van der Waals surface area contributed by atoms with E-state index < -0.39 is 5.97 Å². The number of rotatable bonds is 5. The molecule has 0 bridgehead atoms. The van der Waals surface area contributed by atoms with Crippen molar-refractivity contribution in [3.8, 4) is 22.6 Å². The molecule has 0 amide bonds. The van der Waals surface area contributed by atoms with E-state index in [-0.39, 0.29) is 5.92 Å². The van der Waals surface area contributed by atoms with Gasteiger partial charge >= 0.3 is 5.97 Å². The van der Waals surface area contributed by atoms with Crippen LogP contribution in [-0.4, -0.2) is 43.4 Å². The number of piperidine rings is 1. The van der Waals surface area contributed by atoms with Crippen LogP contribution in [0.25, 0.3) is 22.0 Å². The lowest BCUT2D eigenvalue weighted by atomic mass is 9.97. The van der Waals surface area contributed by atoms with Crippen molar-refractivity contribution in [1.82, 2.24) is 4.98 Å². The SMILES string of the molecule is COc1cc(OC)cc(-c2ccc3nc(N4CCC(C(=O)O)CC4)ccc3c2)c1. The molecule has 1 aliphatic heterocycles. The first kappa shape index (κ1) is 19.1. The van der Waals surface area contributed by atoms with Gasteiger partial charge in [-0.3, -0.25) is 4.79 Å². The summed E-state index contributed by atoms with van der Waals surface area (Å²) in [5.41, 5.74) is 3.00. The van der Waals surface area contributed by atoms with E-state index in [1.165, 1.54) is 0 Å². The predicted octanol–water partition coefficient (Wildman–Crippen LogP) is 4.22. The highest BCUT2D eigenvalue weighted by Gasteiger charge is 2.25. The molecular formula is C23H24N2O4. The topological polar surface area (TPSA) is 71.9 Å². The lowest BCUT2D eigenvalue weighted by Crippen LogP contribution is -2.36. The lowest BCUT2D eigenvalue weighted by Gasteiger charge is -2.31. The van der Waals surface area contributed by atoms with E-state index in [2.05, 4.69) is 17.0 Å². The molecule has 1 aliphatic rings. The first-order valence-electron chi connectivity index (χ1n) is 9.69. The zero-order chi connectivity index (χ0) is 20.4. The number of carboxylic acid groups (broad SMARTS) is 1. The minimum Gasteiger partial charge on any atom is -0.497 e. The number of carbonyl (C=O) groups is 1. The van der Waals surface area contributed by atoms with Gasteiger partial charge in [0.1, 0.15) is 17.3 Å². The number of fused-ring (bicyclic) bond motifs is 1. The molecule has 1 saturated heterocycles. The molecule has 1 fully saturated rings. The molecule has 150 valence electrons. The summed E-state index contributed by atoms with van der Waals surface area (Å²) in [7, 11) is 3.29. The number of aliphatic carboxylic acids is 1. The number of methoxy groups -OCH3 is 2. The summed E-state index contributed by atoms with van der Waals surface area (Å²) in [6, 6.07) is 16.1. The Hall–Kier alpha value is -3.28. The Morgan fingerprint density at radius 2 is 1.66 bits per heavy atom. The van der Waals surface area contributed by atoms with Crippen LogP contribution in [0.2, 0.25) is 0 Å². The Bertz CT molecular complexity index is 1020. The highest BCUT2D eigenvalue weighted by atomic mass is 16.5. The van der Waals surface area contributed by atoms with Gasteiger partial charge in [0.2, 0.25) is 0 Å². The molecule has 29 heavy (non-hydrogen) atoms. The van der Waals surface area contributed by atoms with Gasteiger partial charge in [0.15, 0.2) is 0 Å². The number of pyridine rings is 1. The van der Waals surface area contributed by atoms with Crippen molar-refractivity contribution in [1.29, 1.82) is 0 Å². The van der Waals surface area contributed by atoms with Crippen LogP contribution in [0.4, 0.5) is 5.82 Å². The molecule has 6 nitrogen and oxygen atoms in total. The van der Waals surface area contributed by atoms with E-state index in [1.54, 1.807) is 14.2 Å². The van der Waals surface area contributed by atoms with Gasteiger partial charge in [-0.05, 0) is 60.4 Å². The molecule has 0 radical (unpaired) electrons. The standard InChI is InChI=1S/C23H24N2O4/c1-28-19-12-18(13-20(14-19)29-2)16-3-5-21-17(11-16)4-6-22(24-21)25-9-7-15(8-10-25)23(26)27/h3-6,11-15H,7-10H2,1-2H3,(H,26,27). The molecule has 2 heterocycles. The van der Waals surface area contributed by atoms with Crippen molar-refractivity contribution >= 4 is 22.7 Å². The second-order valence-electron chi connectivity index (χ2n) is 7.28. The summed E-state index contributed by atoms with van der Waals surface area (Å²) in [5, 5.41) is 10.2. The van der Waals surface area contributed by atoms with Gasteiger partial charge in [0.05, 0.1) is 25.7 Å². The number of hydrogen-bond donors (Lipinski definition) is 1. The summed E-state index contributed by atoms with van der Waals surface area (Å²) in [6.07, 6.45) is 1.32. The van der Waals surface area contributed by atoms with Crippen molar-refractivity contribution in [3.05, 3.63) is 48.5 Å². The van der Waals surface area contributed by atoms with Crippen LogP contribution in [0, 0.1) is 5.92 Å². The smallest absolute Gasteiger partial charge is 0.306 e. The normalized spacial score (nSPS) is 14.8. The molecule has 0 atom stereocenters. The van der Waals surface area contributed by atoms with Gasteiger partial charge in [-0.15, -0.1) is 0 Å². The van der Waals surface area contributed by atoms with Crippen LogP contribution in [0.1, 0.15) is 12.8 Å². The van der Waals surface area contributed by atoms with Crippen LogP contribution < -0.4 is 14.4 Å². The Morgan fingerprint density at radius 1 is 0.966 bits per heavy atom. The lowest BCUT2D eigenvalue weighted by molar-refractivity contribution is -0.142. The minimum atomic E-state index is -0.696. The van der Waals surface area contributed by atoms with Crippen molar-refractivity contribution in [2.75, 3.05) is 32.2 Å². The van der Waals surface area contributed by atoms with E-state index in [0.29, 0.717) is 12.8 Å². The highest BCUT2D eigenvalue weighted by molar-refractivity contribution is 5.86. The maximum atomic E-state index is 11.2. The van der Waals surface area contributed by atoms with Gasteiger partial charge in [-0.2, -0.15) is 0 Å². The maximum Gasteiger partial charge on any atom is 0.306 e. The summed E-state index contributed by atoms with van der Waals surface area (Å²) in [5.74, 6) is 1.46. The first-order chi connectivity index (χ1) is 14.1. The third kappa shape index (κ3) is 3.97. The van der Waals surface area contributed by atoms with E-state index in [0.717, 1.165) is 52.4 Å². The minimum absolute atomic E-state index is 0.242. The number of aromatic nitrogens is 1. The van der Waals surface area contributed by atoms with E-state index >= 15 is 0 Å². The van der Waals surface area contributed by atoms with Gasteiger partial charge < -0.3 is 19.5 Å². The average Bonchev–Trinajstić information content (AvgIpc) is 2.78. The summed E-state index contributed by atoms with van der Waals surface area (Å²) < 4.78 is 10.8. The van der Waals surface area contributed by atoms with Crippen molar-refractivity contribution in [3.63, 3.8) is 0 Å². The second kappa shape index (κ2) is 7.99. The van der Waals surface area contributed by atoms with Crippen LogP contribution in [0.5, 0.6) is 11.5 Å². The zero-order valence-electron chi connectivity index (χ0n) is 16.6. The van der Waals surface area contributed by atoms with Crippen molar-refractivity contribution in [2.24, 2.45) is 5.92 Å². The fraction of sp³-hybridized carbons (Fsp3) is 0.304. The molecule has 2 aromatic carbocycles. The van der Waals surface area contributed by atoms with E-state index in [4.69, 9.17) is 14.5 Å². The van der Waals surface area contributed by atoms with Crippen LogP contribution >= 0.6 is 0 Å². The molecule has 1 N–H and O–H groups in total. The largest absolute Gasteiger partial charge is 0.497 e. The Morgan fingerprint density at radius 3 is 2.28 bits per heavy atom. The fourth-order valence-corrected chi connectivity index (χ4v) is 3.80. The predicted molar refractivity (Wildman–Crippen MR) is 113 cm³/mol. The summed E-state index contributed by atoms with van der Waals surface area (Å²) in [4.78, 5) is 18.1. The van der Waals surface area contributed by atoms with Crippen molar-refractivity contribution in [2.45, 2.75) is 12.8 Å². The number of hydrogen-bond acceptors (Lipinski definition) is 5. The Labute approximate surface area is 169 Å². The van der Waals surface area contributed by atoms with Gasteiger partial charge in [-0.25, -0.2) is 4.98 Å². The van der Waals surface area contributed by atoms with Gasteiger partial charge in [0.25, 0.3) is 0 Å². The van der Waals surface area contributed by atoms with Crippen molar-refractivity contribution < 1.29 is 19.4 Å². The summed E-state index contributed by atoms with van der Waals surface area (Å²) in [6.45, 7) is 1.44. The van der Waals surface area contributed by atoms with Crippen LogP contribution in [-0.2, 0) is 4.79 Å². The number of carboxylic acids is 1. The molecule has 1 aromatic heterocycles. The molecule has 6 heteroatoms. The third-order valence-electron chi connectivity index (χ3n) is 5.53. The monoisotopic (exact) mass is 392 g/mol. The molecule has 0 spiro atoms. The van der Waals surface area contributed by atoms with Gasteiger partial charge in [-0.1, -0.05) is 6.07 Å². The highest BCUT2D eigenvalue weighted by Crippen LogP contribution is 2.32. The number of benzene rings is 2. The third-order valence-corrected chi connectivity index (χ3v) is 5.53. The molecule has 0 aliphatic carbocycles. The quantitative estimate of drug-likeness (QED) is 0.701. The summed E-state index contributed by atoms with van der Waals surface area (Å²) >= 11 is 0. The first-order valence-corrected chi connectivity index (χ1v) is 9.69. The maximum absolute atomic E-state index is 11.2. The number of ether oxygens (including phenoxy) is 2. The molecule has 3 aromatic rings. The number of anilines is 1. The van der Waals surface area contributed by atoms with Gasteiger partial charge in [0, 0.05) is 24.5 Å². The molecule has 4 rings (SSSR count). The Kier molecular flexibility index (Phi) is 5.25. The van der Waals surface area contributed by atoms with E-state index in [9.17, 15) is 9.90 Å². The second-order valence-corrected chi connectivity index (χ2v) is 7.28. The zero-order valence-corrected chi connectivity index (χ0v) is 16.6.